The van der Waals surface area contributed by atoms with Crippen molar-refractivity contribution in [2.75, 3.05) is 13.1 Å². The van der Waals surface area contributed by atoms with Crippen molar-refractivity contribution in [3.8, 4) is 0 Å². The number of carbonyl (C=O) groups is 2. The number of nitrogens with one attached hydrogen (secondary N) is 1. The molecule has 2 heterocycles. The average molecular weight is 389 g/mol. The molecular formula is C21H28FN3O3. The Morgan fingerprint density at radius 3 is 2.75 bits per heavy atom. The highest BCUT2D eigenvalue weighted by molar-refractivity contribution is 5.77. The van der Waals surface area contributed by atoms with E-state index < -0.39 is 5.97 Å². The molecule has 1 aromatic carbocycles. The number of halogens is 1. The van der Waals surface area contributed by atoms with Crippen LogP contribution in [0.3, 0.4) is 0 Å². The fourth-order valence-electron chi connectivity index (χ4n) is 3.98. The lowest BCUT2D eigenvalue weighted by molar-refractivity contribution is -0.140. The van der Waals surface area contributed by atoms with Gasteiger partial charge >= 0.3 is 5.97 Å². The molecule has 1 aliphatic heterocycles. The lowest BCUT2D eigenvalue weighted by Crippen LogP contribution is -2.46. The van der Waals surface area contributed by atoms with Crippen molar-refractivity contribution in [3.63, 3.8) is 0 Å². The quantitative estimate of drug-likeness (QED) is 0.818. The van der Waals surface area contributed by atoms with Gasteiger partial charge < -0.3 is 15.0 Å². The number of benzene rings is 1. The zero-order valence-corrected chi connectivity index (χ0v) is 16.7. The molecule has 28 heavy (non-hydrogen) atoms. The van der Waals surface area contributed by atoms with E-state index in [1.807, 2.05) is 25.7 Å². The number of H-pyrrole nitrogens is 1. The molecule has 2 atom stereocenters. The van der Waals surface area contributed by atoms with Crippen molar-refractivity contribution in [1.29, 1.82) is 0 Å². The fourth-order valence-corrected chi connectivity index (χ4v) is 3.98. The summed E-state index contributed by atoms with van der Waals surface area (Å²) in [4.78, 5) is 33.5. The highest BCUT2D eigenvalue weighted by Crippen LogP contribution is 2.31. The van der Waals surface area contributed by atoms with Crippen molar-refractivity contribution >= 4 is 22.9 Å². The Hall–Kier alpha value is -2.44. The third-order valence-electron chi connectivity index (χ3n) is 5.31. The van der Waals surface area contributed by atoms with Crippen LogP contribution in [0.25, 0.3) is 11.0 Å². The Balaban J connectivity index is 1.77. The Morgan fingerprint density at radius 2 is 2.07 bits per heavy atom. The van der Waals surface area contributed by atoms with E-state index in [1.165, 1.54) is 12.1 Å². The second-order valence-electron chi connectivity index (χ2n) is 9.03. The van der Waals surface area contributed by atoms with Gasteiger partial charge in [0.2, 0.25) is 5.91 Å². The monoisotopic (exact) mass is 389 g/mol. The molecule has 2 N–H and O–H groups in total. The predicted molar refractivity (Wildman–Crippen MR) is 104 cm³/mol. The molecule has 3 rings (SSSR count). The molecule has 6 nitrogen and oxygen atoms in total. The number of carboxylic acids is 1. The number of likely N-dealkylation sites (tertiary alicyclic amines) is 1. The smallest absolute Gasteiger partial charge is 0.303 e. The molecule has 0 radical (unpaired) electrons. The van der Waals surface area contributed by atoms with Crippen LogP contribution >= 0.6 is 0 Å². The van der Waals surface area contributed by atoms with E-state index in [0.717, 1.165) is 0 Å². The van der Waals surface area contributed by atoms with Gasteiger partial charge in [0.1, 0.15) is 11.6 Å². The first kappa shape index (κ1) is 20.3. The molecule has 152 valence electrons. The molecule has 1 fully saturated rings. The summed E-state index contributed by atoms with van der Waals surface area (Å²) >= 11 is 0. The molecule has 0 bridgehead atoms. The first-order chi connectivity index (χ1) is 13.1. The Kier molecular flexibility index (Phi) is 5.72. The number of piperidine rings is 1. The van der Waals surface area contributed by atoms with Crippen molar-refractivity contribution in [1.82, 2.24) is 14.9 Å². The predicted octanol–water partition coefficient (Wildman–Crippen LogP) is 3.62. The summed E-state index contributed by atoms with van der Waals surface area (Å²) in [5.41, 5.74) is 1.22. The number of carbonyl (C=O) groups excluding carboxylic acids is 1. The first-order valence-corrected chi connectivity index (χ1v) is 9.74. The number of hydrogen-bond donors (Lipinski definition) is 2. The molecule has 2 aromatic rings. The van der Waals surface area contributed by atoms with Gasteiger partial charge in [-0.25, -0.2) is 9.37 Å². The SMILES string of the molecule is CC(C)(C)CC(=O)N1CCC(CC(=O)O)C(Cc2nc3ccc(F)cc3[nH]2)C1. The summed E-state index contributed by atoms with van der Waals surface area (Å²) < 4.78 is 13.4. The van der Waals surface area contributed by atoms with Crippen molar-refractivity contribution in [2.24, 2.45) is 17.3 Å². The summed E-state index contributed by atoms with van der Waals surface area (Å²) in [6.45, 7) is 7.22. The number of aromatic amines is 1. The van der Waals surface area contributed by atoms with Gasteiger partial charge in [-0.15, -0.1) is 0 Å². The van der Waals surface area contributed by atoms with Crippen LogP contribution in [0.5, 0.6) is 0 Å². The standard InChI is InChI=1S/C21H28FN3O3/c1-21(2,3)11-19(26)25-7-6-13(9-20(27)28)14(12-25)8-18-23-16-5-4-15(22)10-17(16)24-18/h4-5,10,13-14H,6-9,11-12H2,1-3H3,(H,23,24)(H,27,28). The van der Waals surface area contributed by atoms with Crippen LogP contribution in [0, 0.1) is 23.1 Å². The molecular weight excluding hydrogens is 361 g/mol. The van der Waals surface area contributed by atoms with E-state index in [9.17, 15) is 19.1 Å². The van der Waals surface area contributed by atoms with Gasteiger partial charge in [-0.1, -0.05) is 20.8 Å². The third-order valence-corrected chi connectivity index (χ3v) is 5.31. The number of carboxylic acid groups (broad SMARTS) is 1. The number of aromatic nitrogens is 2. The van der Waals surface area contributed by atoms with Crippen molar-refractivity contribution in [3.05, 3.63) is 29.8 Å². The van der Waals surface area contributed by atoms with Crippen molar-refractivity contribution in [2.45, 2.75) is 46.5 Å². The molecule has 1 aliphatic rings. The number of aliphatic carboxylic acids is 1. The summed E-state index contributed by atoms with van der Waals surface area (Å²) in [7, 11) is 0. The van der Waals surface area contributed by atoms with E-state index in [1.54, 1.807) is 6.07 Å². The second kappa shape index (κ2) is 7.89. The first-order valence-electron chi connectivity index (χ1n) is 9.74. The molecule has 0 aliphatic carbocycles. The summed E-state index contributed by atoms with van der Waals surface area (Å²) in [5.74, 6) is -0.358. The minimum atomic E-state index is -0.823. The van der Waals surface area contributed by atoms with Gasteiger partial charge in [-0.2, -0.15) is 0 Å². The van der Waals surface area contributed by atoms with Gasteiger partial charge in [0.15, 0.2) is 0 Å². The average Bonchev–Trinajstić information content (AvgIpc) is 2.95. The molecule has 7 heteroatoms. The number of nitrogens with zero attached hydrogens (tertiary/aromatic N) is 2. The van der Waals surface area contributed by atoms with Gasteiger partial charge in [-0.3, -0.25) is 9.59 Å². The minimum Gasteiger partial charge on any atom is -0.481 e. The molecule has 0 spiro atoms. The van der Waals surface area contributed by atoms with Gasteiger partial charge in [0, 0.05) is 32.4 Å². The van der Waals surface area contributed by atoms with Crippen LogP contribution in [0.1, 0.15) is 45.9 Å². The topological polar surface area (TPSA) is 86.3 Å². The summed E-state index contributed by atoms with van der Waals surface area (Å²) in [5, 5.41) is 9.28. The molecule has 1 saturated heterocycles. The molecule has 1 aromatic heterocycles. The lowest BCUT2D eigenvalue weighted by Gasteiger charge is -2.39. The molecule has 0 saturated carbocycles. The highest BCUT2D eigenvalue weighted by atomic mass is 19.1. The number of amides is 1. The summed E-state index contributed by atoms with van der Waals surface area (Å²) in [6.07, 6.45) is 1.75. The van der Waals surface area contributed by atoms with Gasteiger partial charge in [0.05, 0.1) is 11.0 Å². The minimum absolute atomic E-state index is 0.000762. The number of imidazole rings is 1. The van der Waals surface area contributed by atoms with Crippen LogP contribution in [0.4, 0.5) is 4.39 Å². The Bertz CT molecular complexity index is 871. The van der Waals surface area contributed by atoms with Crippen LogP contribution < -0.4 is 0 Å². The van der Waals surface area contributed by atoms with E-state index >= 15 is 0 Å². The molecule has 1 amide bonds. The Morgan fingerprint density at radius 1 is 1.32 bits per heavy atom. The third kappa shape index (κ3) is 5.09. The van der Waals surface area contributed by atoms with Gasteiger partial charge in [-0.05, 0) is 41.9 Å². The maximum atomic E-state index is 13.4. The van der Waals surface area contributed by atoms with E-state index in [-0.39, 0.29) is 35.4 Å². The van der Waals surface area contributed by atoms with E-state index in [2.05, 4.69) is 9.97 Å². The van der Waals surface area contributed by atoms with Crippen LogP contribution in [-0.4, -0.2) is 44.9 Å². The number of fused-ring (bicyclic) bond motifs is 1. The van der Waals surface area contributed by atoms with Crippen molar-refractivity contribution < 1.29 is 19.1 Å². The maximum absolute atomic E-state index is 13.4. The largest absolute Gasteiger partial charge is 0.481 e. The number of hydrogen-bond acceptors (Lipinski definition) is 3. The molecule has 2 unspecified atom stereocenters. The van der Waals surface area contributed by atoms with Crippen LogP contribution in [0.2, 0.25) is 0 Å². The van der Waals surface area contributed by atoms with Gasteiger partial charge in [0.25, 0.3) is 0 Å². The van der Waals surface area contributed by atoms with E-state index in [0.29, 0.717) is 49.2 Å². The zero-order chi connectivity index (χ0) is 20.5. The maximum Gasteiger partial charge on any atom is 0.303 e. The second-order valence-corrected chi connectivity index (χ2v) is 9.03. The zero-order valence-electron chi connectivity index (χ0n) is 16.7. The fraction of sp³-hybridized carbons (Fsp3) is 0.571. The van der Waals surface area contributed by atoms with Crippen LogP contribution in [0.15, 0.2) is 18.2 Å². The van der Waals surface area contributed by atoms with Crippen LogP contribution in [-0.2, 0) is 16.0 Å². The highest BCUT2D eigenvalue weighted by Gasteiger charge is 2.34. The number of rotatable bonds is 5. The Labute approximate surface area is 164 Å². The summed E-state index contributed by atoms with van der Waals surface area (Å²) in [6, 6.07) is 4.40. The van der Waals surface area contributed by atoms with E-state index in [4.69, 9.17) is 0 Å². The normalized spacial score (nSPS) is 20.5. The lowest BCUT2D eigenvalue weighted by atomic mass is 9.80.